The maximum Gasteiger partial charge on any atom is 0.227 e. The Bertz CT molecular complexity index is 569. The maximum absolute atomic E-state index is 12.1. The van der Waals surface area contributed by atoms with Crippen LogP contribution in [0.4, 0.5) is 5.69 Å². The van der Waals surface area contributed by atoms with Crippen molar-refractivity contribution in [3.63, 3.8) is 0 Å². The van der Waals surface area contributed by atoms with Gasteiger partial charge in [0.2, 0.25) is 5.91 Å². The minimum Gasteiger partial charge on any atom is -0.399 e. The molecular formula is C16H19N3O. The second-order valence-corrected chi connectivity index (χ2v) is 4.79. The summed E-state index contributed by atoms with van der Waals surface area (Å²) < 4.78 is 0. The Morgan fingerprint density at radius 1 is 1.30 bits per heavy atom. The number of hydrogen-bond acceptors (Lipinski definition) is 3. The molecule has 0 spiro atoms. The molecule has 2 aromatic rings. The van der Waals surface area contributed by atoms with Crippen LogP contribution >= 0.6 is 0 Å². The Hall–Kier alpha value is -2.36. The first-order valence-electron chi connectivity index (χ1n) is 6.69. The van der Waals surface area contributed by atoms with Crippen LogP contribution in [0.1, 0.15) is 24.0 Å². The van der Waals surface area contributed by atoms with Crippen molar-refractivity contribution in [3.8, 4) is 0 Å². The highest BCUT2D eigenvalue weighted by Gasteiger charge is 2.14. The Morgan fingerprint density at radius 2 is 2.05 bits per heavy atom. The summed E-state index contributed by atoms with van der Waals surface area (Å²) in [5.41, 5.74) is 8.51. The van der Waals surface area contributed by atoms with Gasteiger partial charge in [-0.1, -0.05) is 12.1 Å². The van der Waals surface area contributed by atoms with Crippen molar-refractivity contribution < 1.29 is 4.79 Å². The summed E-state index contributed by atoms with van der Waals surface area (Å²) in [5.74, 6) is -0.180. The number of nitrogens with one attached hydrogen (secondary N) is 1. The summed E-state index contributed by atoms with van der Waals surface area (Å²) in [4.78, 5) is 16.0. The van der Waals surface area contributed by atoms with Gasteiger partial charge in [-0.05, 0) is 48.7 Å². The summed E-state index contributed by atoms with van der Waals surface area (Å²) in [6.07, 6.45) is 4.32. The number of hydrogen-bond donors (Lipinski definition) is 2. The van der Waals surface area contributed by atoms with Gasteiger partial charge < -0.3 is 11.1 Å². The number of rotatable bonds is 5. The molecule has 0 aliphatic heterocycles. The monoisotopic (exact) mass is 269 g/mol. The van der Waals surface area contributed by atoms with Crippen molar-refractivity contribution in [2.45, 2.75) is 19.3 Å². The zero-order valence-electron chi connectivity index (χ0n) is 11.5. The van der Waals surface area contributed by atoms with Gasteiger partial charge in [0.1, 0.15) is 0 Å². The van der Waals surface area contributed by atoms with Crippen molar-refractivity contribution in [3.05, 3.63) is 59.9 Å². The third-order valence-corrected chi connectivity index (χ3v) is 3.27. The van der Waals surface area contributed by atoms with Crippen LogP contribution in [0.3, 0.4) is 0 Å². The predicted octanol–water partition coefficient (Wildman–Crippen LogP) is 2.13. The van der Waals surface area contributed by atoms with Gasteiger partial charge in [-0.3, -0.25) is 9.78 Å². The van der Waals surface area contributed by atoms with Crippen LogP contribution in [0.2, 0.25) is 0 Å². The molecule has 0 fully saturated rings. The van der Waals surface area contributed by atoms with E-state index < -0.39 is 0 Å². The highest BCUT2D eigenvalue weighted by atomic mass is 16.1. The van der Waals surface area contributed by atoms with Gasteiger partial charge in [0.05, 0.1) is 5.92 Å². The molecule has 104 valence electrons. The second-order valence-electron chi connectivity index (χ2n) is 4.79. The number of amides is 1. The molecule has 0 aliphatic rings. The lowest BCUT2D eigenvalue weighted by atomic mass is 10.00. The smallest absolute Gasteiger partial charge is 0.227 e. The molecule has 4 nitrogen and oxygen atoms in total. The van der Waals surface area contributed by atoms with E-state index in [4.69, 9.17) is 5.73 Å². The molecule has 4 heteroatoms. The van der Waals surface area contributed by atoms with Crippen LogP contribution in [-0.2, 0) is 11.2 Å². The summed E-state index contributed by atoms with van der Waals surface area (Å²) in [6.45, 7) is 2.51. The van der Waals surface area contributed by atoms with Gasteiger partial charge in [0.15, 0.2) is 0 Å². The largest absolute Gasteiger partial charge is 0.399 e. The molecule has 3 N–H and O–H groups in total. The Balaban J connectivity index is 1.85. The normalized spacial score (nSPS) is 11.8. The van der Waals surface area contributed by atoms with E-state index in [0.717, 1.165) is 17.5 Å². The van der Waals surface area contributed by atoms with Crippen LogP contribution in [-0.4, -0.2) is 17.4 Å². The maximum atomic E-state index is 12.1. The quantitative estimate of drug-likeness (QED) is 0.817. The Morgan fingerprint density at radius 3 is 2.75 bits per heavy atom. The standard InChI is InChI=1S/C16H19N3O/c1-12(14-3-2-4-15(17)11-14)16(20)19-10-7-13-5-8-18-9-6-13/h2-6,8-9,11-12H,7,10,17H2,1H3,(H,19,20). The van der Waals surface area contributed by atoms with Gasteiger partial charge in [0.25, 0.3) is 0 Å². The molecule has 0 saturated heterocycles. The molecule has 1 unspecified atom stereocenters. The van der Waals surface area contributed by atoms with E-state index in [1.165, 1.54) is 0 Å². The van der Waals surface area contributed by atoms with Crippen LogP contribution < -0.4 is 11.1 Å². The topological polar surface area (TPSA) is 68.0 Å². The Labute approximate surface area is 119 Å². The number of carbonyl (C=O) groups is 1. The third-order valence-electron chi connectivity index (χ3n) is 3.27. The lowest BCUT2D eigenvalue weighted by molar-refractivity contribution is -0.122. The van der Waals surface area contributed by atoms with Crippen molar-refractivity contribution >= 4 is 11.6 Å². The van der Waals surface area contributed by atoms with Gasteiger partial charge in [-0.15, -0.1) is 0 Å². The van der Waals surface area contributed by atoms with Crippen LogP contribution in [0.15, 0.2) is 48.8 Å². The van der Waals surface area contributed by atoms with Gasteiger partial charge in [-0.25, -0.2) is 0 Å². The van der Waals surface area contributed by atoms with Crippen molar-refractivity contribution in [1.29, 1.82) is 0 Å². The molecule has 2 rings (SSSR count). The molecule has 20 heavy (non-hydrogen) atoms. The average molecular weight is 269 g/mol. The minimum atomic E-state index is -0.198. The minimum absolute atomic E-state index is 0.0182. The summed E-state index contributed by atoms with van der Waals surface area (Å²) in [5, 5.41) is 2.95. The first kappa shape index (κ1) is 14.1. The molecule has 1 aromatic heterocycles. The van der Waals surface area contributed by atoms with E-state index in [1.807, 2.05) is 43.3 Å². The lowest BCUT2D eigenvalue weighted by Gasteiger charge is -2.13. The second kappa shape index (κ2) is 6.70. The summed E-state index contributed by atoms with van der Waals surface area (Å²) in [7, 11) is 0. The van der Waals surface area contributed by atoms with Crippen molar-refractivity contribution in [2.24, 2.45) is 0 Å². The number of carbonyl (C=O) groups excluding carboxylic acids is 1. The molecule has 1 aromatic carbocycles. The van der Waals surface area contributed by atoms with E-state index in [9.17, 15) is 4.79 Å². The molecule has 0 saturated carbocycles. The third kappa shape index (κ3) is 3.82. The van der Waals surface area contributed by atoms with Gasteiger partial charge in [-0.2, -0.15) is 0 Å². The highest BCUT2D eigenvalue weighted by Crippen LogP contribution is 2.17. The molecule has 0 aliphatic carbocycles. The number of nitrogens with zero attached hydrogens (tertiary/aromatic N) is 1. The number of anilines is 1. The van der Waals surface area contributed by atoms with Gasteiger partial charge >= 0.3 is 0 Å². The van der Waals surface area contributed by atoms with Crippen molar-refractivity contribution in [1.82, 2.24) is 10.3 Å². The van der Waals surface area contributed by atoms with E-state index in [0.29, 0.717) is 12.2 Å². The molecular weight excluding hydrogens is 250 g/mol. The predicted molar refractivity (Wildman–Crippen MR) is 80.2 cm³/mol. The molecule has 1 amide bonds. The first-order valence-corrected chi connectivity index (χ1v) is 6.69. The number of benzene rings is 1. The summed E-state index contributed by atoms with van der Waals surface area (Å²) in [6, 6.07) is 11.3. The number of nitrogens with two attached hydrogens (primary N) is 1. The van der Waals surface area contributed by atoms with E-state index in [2.05, 4.69) is 10.3 Å². The zero-order chi connectivity index (χ0) is 14.4. The van der Waals surface area contributed by atoms with Crippen LogP contribution in [0, 0.1) is 0 Å². The number of pyridine rings is 1. The zero-order valence-corrected chi connectivity index (χ0v) is 11.5. The number of nitrogen functional groups attached to an aromatic ring is 1. The molecule has 0 radical (unpaired) electrons. The molecule has 1 atom stereocenters. The van der Waals surface area contributed by atoms with E-state index >= 15 is 0 Å². The van der Waals surface area contributed by atoms with Gasteiger partial charge in [0, 0.05) is 24.6 Å². The fraction of sp³-hybridized carbons (Fsp3) is 0.250. The van der Waals surface area contributed by atoms with Crippen LogP contribution in [0.5, 0.6) is 0 Å². The fourth-order valence-corrected chi connectivity index (χ4v) is 2.01. The highest BCUT2D eigenvalue weighted by molar-refractivity contribution is 5.83. The molecule has 0 bridgehead atoms. The molecule has 1 heterocycles. The van der Waals surface area contributed by atoms with E-state index in [1.54, 1.807) is 12.4 Å². The SMILES string of the molecule is CC(C(=O)NCCc1ccncc1)c1cccc(N)c1. The Kier molecular flexibility index (Phi) is 4.71. The summed E-state index contributed by atoms with van der Waals surface area (Å²) >= 11 is 0. The van der Waals surface area contributed by atoms with Crippen LogP contribution in [0.25, 0.3) is 0 Å². The lowest BCUT2D eigenvalue weighted by Crippen LogP contribution is -2.29. The number of aromatic nitrogens is 1. The van der Waals surface area contributed by atoms with E-state index in [-0.39, 0.29) is 11.8 Å². The first-order chi connectivity index (χ1) is 9.66. The van der Waals surface area contributed by atoms with Crippen molar-refractivity contribution in [2.75, 3.05) is 12.3 Å². The average Bonchev–Trinajstić information content (AvgIpc) is 2.47. The fourth-order valence-electron chi connectivity index (χ4n) is 2.01.